The Labute approximate surface area is 129 Å². The molecular weight excluding hydrogens is 295 g/mol. The lowest BCUT2D eigenvalue weighted by molar-refractivity contribution is -0.123. The third-order valence-corrected chi connectivity index (χ3v) is 3.76. The summed E-state index contributed by atoms with van der Waals surface area (Å²) in [6, 6.07) is 3.79. The second-order valence-corrected chi connectivity index (χ2v) is 5.85. The molecule has 0 fully saturated rings. The van der Waals surface area contributed by atoms with Crippen molar-refractivity contribution in [2.75, 3.05) is 13.6 Å². The van der Waals surface area contributed by atoms with E-state index < -0.39 is 18.0 Å². The van der Waals surface area contributed by atoms with E-state index in [2.05, 4.69) is 5.32 Å². The summed E-state index contributed by atoms with van der Waals surface area (Å²) in [7, 11) is 1.83. The molecule has 1 rings (SSSR count). The molecule has 0 aliphatic carbocycles. The summed E-state index contributed by atoms with van der Waals surface area (Å²) in [6.07, 6.45) is -1.20. The lowest BCUT2D eigenvalue weighted by Crippen LogP contribution is -2.44. The molecule has 118 valence electrons. The van der Waals surface area contributed by atoms with E-state index in [-0.39, 0.29) is 29.1 Å². The smallest absolute Gasteiger partial charge is 0.234 e. The lowest BCUT2D eigenvalue weighted by atomic mass is 10.0. The fourth-order valence-electron chi connectivity index (χ4n) is 1.83. The minimum atomic E-state index is -1.20. The van der Waals surface area contributed by atoms with Crippen LogP contribution in [0.1, 0.15) is 32.4 Å². The van der Waals surface area contributed by atoms with E-state index in [0.29, 0.717) is 0 Å². The molecule has 6 heteroatoms. The topological polar surface area (TPSA) is 52.6 Å². The van der Waals surface area contributed by atoms with Gasteiger partial charge in [-0.15, -0.1) is 0 Å². The van der Waals surface area contributed by atoms with E-state index in [1.807, 2.05) is 25.8 Å². The molecule has 1 aromatic rings. The van der Waals surface area contributed by atoms with Gasteiger partial charge in [-0.1, -0.05) is 17.7 Å². The zero-order valence-corrected chi connectivity index (χ0v) is 13.5. The van der Waals surface area contributed by atoms with Gasteiger partial charge in [0.25, 0.3) is 0 Å². The Morgan fingerprint density at radius 3 is 2.57 bits per heavy atom. The second kappa shape index (κ2) is 7.73. The first kappa shape index (κ1) is 17.9. The van der Waals surface area contributed by atoms with Crippen molar-refractivity contribution >= 4 is 17.5 Å². The van der Waals surface area contributed by atoms with Gasteiger partial charge in [0.1, 0.15) is 11.9 Å². The molecule has 0 heterocycles. The quantitative estimate of drug-likeness (QED) is 0.847. The number of rotatable bonds is 6. The van der Waals surface area contributed by atoms with Crippen LogP contribution in [0.25, 0.3) is 0 Å². The predicted octanol–water partition coefficient (Wildman–Crippen LogP) is 2.36. The molecule has 1 aromatic carbocycles. The molecule has 0 radical (unpaired) electrons. The normalized spacial score (nSPS) is 14.3. The van der Waals surface area contributed by atoms with Crippen LogP contribution in [0.4, 0.5) is 4.39 Å². The van der Waals surface area contributed by atoms with Crippen molar-refractivity contribution in [3.8, 4) is 0 Å². The maximum atomic E-state index is 13.7. The third-order valence-electron chi connectivity index (χ3n) is 3.43. The molecule has 0 aromatic heterocycles. The number of nitrogens with one attached hydrogen (secondary N) is 1. The fraction of sp³-hybridized carbons (Fsp3) is 0.533. The second-order valence-electron chi connectivity index (χ2n) is 5.45. The number of nitrogens with zero attached hydrogens (tertiary/aromatic N) is 1. The first-order valence-corrected chi connectivity index (χ1v) is 7.23. The number of benzene rings is 1. The van der Waals surface area contributed by atoms with Crippen molar-refractivity contribution in [3.05, 3.63) is 34.6 Å². The number of halogens is 2. The zero-order valence-electron chi connectivity index (χ0n) is 12.7. The van der Waals surface area contributed by atoms with E-state index >= 15 is 0 Å². The molecule has 21 heavy (non-hydrogen) atoms. The monoisotopic (exact) mass is 316 g/mol. The Hall–Kier alpha value is -1.17. The summed E-state index contributed by atoms with van der Waals surface area (Å²) in [6.45, 7) is 5.77. The summed E-state index contributed by atoms with van der Waals surface area (Å²) in [4.78, 5) is 13.7. The Kier molecular flexibility index (Phi) is 6.58. The van der Waals surface area contributed by atoms with Crippen LogP contribution in [0, 0.1) is 5.82 Å². The number of aliphatic hydroxyl groups excluding tert-OH is 1. The Morgan fingerprint density at radius 2 is 2.05 bits per heavy atom. The largest absolute Gasteiger partial charge is 0.386 e. The molecule has 0 saturated carbocycles. The van der Waals surface area contributed by atoms with E-state index in [1.165, 1.54) is 18.2 Å². The Balaban J connectivity index is 2.71. The Bertz CT molecular complexity index is 476. The first-order valence-electron chi connectivity index (χ1n) is 6.85. The van der Waals surface area contributed by atoms with E-state index in [4.69, 9.17) is 11.6 Å². The minimum Gasteiger partial charge on any atom is -0.386 e. The van der Waals surface area contributed by atoms with Crippen LogP contribution < -0.4 is 5.32 Å². The number of carbonyl (C=O) groups is 1. The van der Waals surface area contributed by atoms with Crippen LogP contribution in [0.3, 0.4) is 0 Å². The lowest BCUT2D eigenvalue weighted by Gasteiger charge is -2.25. The summed E-state index contributed by atoms with van der Waals surface area (Å²) in [5, 5.41) is 13.0. The maximum absolute atomic E-state index is 13.7. The summed E-state index contributed by atoms with van der Waals surface area (Å²) >= 11 is 5.91. The van der Waals surface area contributed by atoms with Gasteiger partial charge in [0.2, 0.25) is 5.91 Å². The van der Waals surface area contributed by atoms with Crippen LogP contribution in [0.15, 0.2) is 18.2 Å². The molecule has 4 nitrogen and oxygen atoms in total. The van der Waals surface area contributed by atoms with Gasteiger partial charge in [0.05, 0.1) is 12.6 Å². The molecule has 2 N–H and O–H groups in total. The van der Waals surface area contributed by atoms with Gasteiger partial charge in [-0.3, -0.25) is 9.69 Å². The van der Waals surface area contributed by atoms with Crippen LogP contribution in [0.5, 0.6) is 0 Å². The average Bonchev–Trinajstić information content (AvgIpc) is 2.37. The number of amides is 1. The number of hydrogen-bond donors (Lipinski definition) is 2. The highest BCUT2D eigenvalue weighted by Gasteiger charge is 2.24. The van der Waals surface area contributed by atoms with Crippen molar-refractivity contribution in [3.63, 3.8) is 0 Å². The van der Waals surface area contributed by atoms with Gasteiger partial charge in [0, 0.05) is 16.6 Å². The van der Waals surface area contributed by atoms with Crippen molar-refractivity contribution in [2.24, 2.45) is 0 Å². The first-order chi connectivity index (χ1) is 9.73. The minimum absolute atomic E-state index is 0.00387. The molecule has 0 bridgehead atoms. The van der Waals surface area contributed by atoms with Gasteiger partial charge in [-0.25, -0.2) is 4.39 Å². The van der Waals surface area contributed by atoms with Gasteiger partial charge in [-0.05, 0) is 40.0 Å². The van der Waals surface area contributed by atoms with Crippen LogP contribution >= 0.6 is 11.6 Å². The van der Waals surface area contributed by atoms with Crippen molar-refractivity contribution in [1.29, 1.82) is 0 Å². The molecule has 0 saturated heterocycles. The predicted molar refractivity (Wildman–Crippen MR) is 81.7 cm³/mol. The summed E-state index contributed by atoms with van der Waals surface area (Å²) in [5.41, 5.74) is 0.00387. The van der Waals surface area contributed by atoms with Crippen molar-refractivity contribution in [2.45, 2.75) is 39.0 Å². The summed E-state index contributed by atoms with van der Waals surface area (Å²) in [5.74, 6) is -0.819. The van der Waals surface area contributed by atoms with Crippen molar-refractivity contribution < 1.29 is 14.3 Å². The highest BCUT2D eigenvalue weighted by atomic mass is 35.5. The number of carbonyl (C=O) groups excluding carboxylic acids is 1. The molecule has 0 spiro atoms. The standard InChI is InChI=1S/C15H22ClFN2O2/c1-9(2)19(4)8-13(20)18-10(3)15(21)14-11(16)6-5-7-12(14)17/h5-7,9-10,15,21H,8H2,1-4H3,(H,18,20)/t10-,15+/m1/s1. The molecule has 0 aliphatic rings. The van der Waals surface area contributed by atoms with Crippen LogP contribution in [0.2, 0.25) is 5.02 Å². The van der Waals surface area contributed by atoms with Gasteiger partial charge in [-0.2, -0.15) is 0 Å². The highest BCUT2D eigenvalue weighted by molar-refractivity contribution is 6.31. The Morgan fingerprint density at radius 1 is 1.43 bits per heavy atom. The van der Waals surface area contributed by atoms with E-state index in [9.17, 15) is 14.3 Å². The number of hydrogen-bond acceptors (Lipinski definition) is 3. The number of likely N-dealkylation sites (N-methyl/N-ethyl adjacent to an activating group) is 1. The molecule has 0 unspecified atom stereocenters. The van der Waals surface area contributed by atoms with Gasteiger partial charge >= 0.3 is 0 Å². The molecular formula is C15H22ClFN2O2. The van der Waals surface area contributed by atoms with Crippen LogP contribution in [-0.4, -0.2) is 41.6 Å². The van der Waals surface area contributed by atoms with E-state index in [0.717, 1.165) is 0 Å². The molecule has 2 atom stereocenters. The SMILES string of the molecule is CC(C)N(C)CC(=O)N[C@H](C)[C@H](O)c1c(F)cccc1Cl. The van der Waals surface area contributed by atoms with Gasteiger partial charge in [0.15, 0.2) is 0 Å². The van der Waals surface area contributed by atoms with E-state index in [1.54, 1.807) is 6.92 Å². The highest BCUT2D eigenvalue weighted by Crippen LogP contribution is 2.27. The molecule has 0 aliphatic heterocycles. The summed E-state index contributed by atoms with van der Waals surface area (Å²) < 4.78 is 13.7. The maximum Gasteiger partial charge on any atom is 0.234 e. The van der Waals surface area contributed by atoms with Gasteiger partial charge < -0.3 is 10.4 Å². The fourth-order valence-corrected chi connectivity index (χ4v) is 2.11. The average molecular weight is 317 g/mol. The molecule has 1 amide bonds. The number of aliphatic hydroxyl groups is 1. The van der Waals surface area contributed by atoms with Crippen molar-refractivity contribution in [1.82, 2.24) is 10.2 Å². The third kappa shape index (κ3) is 4.95. The zero-order chi connectivity index (χ0) is 16.2. The van der Waals surface area contributed by atoms with Crippen LogP contribution in [-0.2, 0) is 4.79 Å².